The van der Waals surface area contributed by atoms with Crippen LogP contribution in [-0.2, 0) is 0 Å². The Labute approximate surface area is 121 Å². The molecule has 1 aromatic carbocycles. The minimum absolute atomic E-state index is 0.402. The second kappa shape index (κ2) is 5.64. The quantitative estimate of drug-likeness (QED) is 0.637. The molecule has 0 unspecified atom stereocenters. The first-order valence-corrected chi connectivity index (χ1v) is 6.61. The van der Waals surface area contributed by atoms with Crippen LogP contribution in [0.5, 0.6) is 11.6 Å². The van der Waals surface area contributed by atoms with E-state index in [1.165, 1.54) is 6.33 Å². The monoisotopic (exact) mass is 372 g/mol. The molecule has 2 rings (SSSR count). The van der Waals surface area contributed by atoms with Crippen molar-refractivity contribution in [3.63, 3.8) is 0 Å². The van der Waals surface area contributed by atoms with Crippen LogP contribution >= 0.6 is 31.9 Å². The summed E-state index contributed by atoms with van der Waals surface area (Å²) in [6.45, 7) is 1.98. The molecule has 1 heterocycles. The standard InChI is InChI=1S/C11H10Br2N4O/c1-6-4-7(2-3-8(6)12)18-11-9(13)10(17-14)15-5-16-11/h2-5H,14H2,1H3,(H,15,16,17). The van der Waals surface area contributed by atoms with Crippen molar-refractivity contribution >= 4 is 37.7 Å². The number of rotatable bonds is 3. The lowest BCUT2D eigenvalue weighted by molar-refractivity contribution is 0.458. The predicted octanol–water partition coefficient (Wildman–Crippen LogP) is 3.39. The Morgan fingerprint density at radius 2 is 2.06 bits per heavy atom. The van der Waals surface area contributed by atoms with Gasteiger partial charge < -0.3 is 10.2 Å². The summed E-state index contributed by atoms with van der Waals surface area (Å²) in [4.78, 5) is 8.00. The van der Waals surface area contributed by atoms with E-state index >= 15 is 0 Å². The Bertz CT molecular complexity index is 577. The fourth-order valence-corrected chi connectivity index (χ4v) is 1.96. The lowest BCUT2D eigenvalue weighted by Gasteiger charge is -2.09. The number of anilines is 1. The topological polar surface area (TPSA) is 73.1 Å². The van der Waals surface area contributed by atoms with Crippen LogP contribution in [0.1, 0.15) is 5.56 Å². The number of nitrogens with zero attached hydrogens (tertiary/aromatic N) is 2. The lowest BCUT2D eigenvalue weighted by Crippen LogP contribution is -2.09. The highest BCUT2D eigenvalue weighted by atomic mass is 79.9. The Balaban J connectivity index is 2.31. The molecule has 0 spiro atoms. The molecule has 0 atom stereocenters. The number of nitrogen functional groups attached to an aromatic ring is 1. The number of aromatic nitrogens is 2. The molecule has 0 aliphatic carbocycles. The van der Waals surface area contributed by atoms with Gasteiger partial charge in [0.25, 0.3) is 0 Å². The molecular weight excluding hydrogens is 364 g/mol. The minimum Gasteiger partial charge on any atom is -0.438 e. The van der Waals surface area contributed by atoms with Gasteiger partial charge in [0, 0.05) is 4.47 Å². The van der Waals surface area contributed by atoms with Crippen molar-refractivity contribution in [1.29, 1.82) is 0 Å². The van der Waals surface area contributed by atoms with Crippen LogP contribution in [0.25, 0.3) is 0 Å². The highest BCUT2D eigenvalue weighted by Gasteiger charge is 2.10. The first kappa shape index (κ1) is 13.3. The highest BCUT2D eigenvalue weighted by molar-refractivity contribution is 9.11. The van der Waals surface area contributed by atoms with E-state index in [1.807, 2.05) is 25.1 Å². The molecule has 0 aliphatic heterocycles. The van der Waals surface area contributed by atoms with E-state index in [-0.39, 0.29) is 0 Å². The van der Waals surface area contributed by atoms with Crippen molar-refractivity contribution in [3.8, 4) is 11.6 Å². The molecule has 0 saturated carbocycles. The van der Waals surface area contributed by atoms with Crippen LogP contribution < -0.4 is 16.0 Å². The molecule has 3 N–H and O–H groups in total. The molecule has 0 bridgehead atoms. The highest BCUT2D eigenvalue weighted by Crippen LogP contribution is 2.32. The van der Waals surface area contributed by atoms with Gasteiger partial charge in [0.15, 0.2) is 5.82 Å². The van der Waals surface area contributed by atoms with Crippen molar-refractivity contribution in [1.82, 2.24) is 9.97 Å². The van der Waals surface area contributed by atoms with Crippen LogP contribution in [0.15, 0.2) is 33.5 Å². The number of nitrogens with two attached hydrogens (primary N) is 1. The van der Waals surface area contributed by atoms with Crippen LogP contribution in [0.3, 0.4) is 0 Å². The summed E-state index contributed by atoms with van der Waals surface area (Å²) in [5.74, 6) is 6.89. The van der Waals surface area contributed by atoms with Gasteiger partial charge in [-0.05, 0) is 46.6 Å². The number of aryl methyl sites for hydroxylation is 1. The fourth-order valence-electron chi connectivity index (χ4n) is 1.32. The zero-order valence-electron chi connectivity index (χ0n) is 9.45. The average Bonchev–Trinajstić information content (AvgIpc) is 2.36. The van der Waals surface area contributed by atoms with E-state index in [2.05, 4.69) is 47.3 Å². The average molecular weight is 374 g/mol. The first-order valence-electron chi connectivity index (χ1n) is 5.03. The smallest absolute Gasteiger partial charge is 0.238 e. The van der Waals surface area contributed by atoms with E-state index in [0.29, 0.717) is 21.9 Å². The zero-order chi connectivity index (χ0) is 13.1. The molecule has 18 heavy (non-hydrogen) atoms. The fraction of sp³-hybridized carbons (Fsp3) is 0.0909. The number of hydrazine groups is 1. The predicted molar refractivity (Wildman–Crippen MR) is 76.5 cm³/mol. The number of hydrogen-bond donors (Lipinski definition) is 2. The Morgan fingerprint density at radius 3 is 2.72 bits per heavy atom. The van der Waals surface area contributed by atoms with Gasteiger partial charge >= 0.3 is 0 Å². The number of benzene rings is 1. The van der Waals surface area contributed by atoms with E-state index in [4.69, 9.17) is 10.6 Å². The van der Waals surface area contributed by atoms with E-state index in [1.54, 1.807) is 0 Å². The van der Waals surface area contributed by atoms with Gasteiger partial charge in [-0.25, -0.2) is 15.8 Å². The normalized spacial score (nSPS) is 10.2. The third-order valence-corrected chi connectivity index (χ3v) is 3.84. The minimum atomic E-state index is 0.402. The summed E-state index contributed by atoms with van der Waals surface area (Å²) in [7, 11) is 0. The molecule has 0 aliphatic rings. The molecule has 0 radical (unpaired) electrons. The van der Waals surface area contributed by atoms with E-state index in [0.717, 1.165) is 10.0 Å². The Hall–Kier alpha value is -1.18. The van der Waals surface area contributed by atoms with Crippen LogP contribution in [0.2, 0.25) is 0 Å². The van der Waals surface area contributed by atoms with Crippen molar-refractivity contribution in [2.24, 2.45) is 5.84 Å². The molecule has 0 saturated heterocycles. The third-order valence-electron chi connectivity index (χ3n) is 2.24. The van der Waals surface area contributed by atoms with Gasteiger partial charge in [-0.3, -0.25) is 0 Å². The van der Waals surface area contributed by atoms with Gasteiger partial charge in [-0.15, -0.1) is 0 Å². The summed E-state index contributed by atoms with van der Waals surface area (Å²) >= 11 is 6.77. The van der Waals surface area contributed by atoms with Gasteiger partial charge in [-0.2, -0.15) is 0 Å². The lowest BCUT2D eigenvalue weighted by atomic mass is 10.2. The molecule has 0 amide bonds. The second-order valence-electron chi connectivity index (χ2n) is 3.50. The number of hydrogen-bond acceptors (Lipinski definition) is 5. The van der Waals surface area contributed by atoms with Crippen LogP contribution in [0.4, 0.5) is 5.82 Å². The SMILES string of the molecule is Cc1cc(Oc2ncnc(NN)c2Br)ccc1Br. The van der Waals surface area contributed by atoms with Crippen molar-refractivity contribution in [2.45, 2.75) is 6.92 Å². The molecule has 0 fully saturated rings. The van der Waals surface area contributed by atoms with Gasteiger partial charge in [0.1, 0.15) is 16.5 Å². The van der Waals surface area contributed by atoms with Gasteiger partial charge in [0.05, 0.1) is 0 Å². The maximum atomic E-state index is 5.67. The maximum Gasteiger partial charge on any atom is 0.238 e. The summed E-state index contributed by atoms with van der Waals surface area (Å²) < 4.78 is 7.28. The van der Waals surface area contributed by atoms with Crippen LogP contribution in [-0.4, -0.2) is 9.97 Å². The largest absolute Gasteiger partial charge is 0.438 e. The number of ether oxygens (including phenoxy) is 1. The van der Waals surface area contributed by atoms with E-state index < -0.39 is 0 Å². The first-order chi connectivity index (χ1) is 8.61. The summed E-state index contributed by atoms with van der Waals surface area (Å²) in [5, 5.41) is 0. The maximum absolute atomic E-state index is 5.67. The summed E-state index contributed by atoms with van der Waals surface area (Å²) in [6, 6.07) is 5.68. The molecule has 2 aromatic rings. The van der Waals surface area contributed by atoms with E-state index in [9.17, 15) is 0 Å². The van der Waals surface area contributed by atoms with Crippen molar-refractivity contribution < 1.29 is 4.74 Å². The summed E-state index contributed by atoms with van der Waals surface area (Å²) in [5.41, 5.74) is 3.53. The zero-order valence-corrected chi connectivity index (χ0v) is 12.6. The molecular formula is C11H10Br2N4O. The molecule has 5 nitrogen and oxygen atoms in total. The number of halogens is 2. The molecule has 1 aromatic heterocycles. The molecule has 94 valence electrons. The Morgan fingerprint density at radius 1 is 1.28 bits per heavy atom. The molecule has 7 heteroatoms. The Kier molecular flexibility index (Phi) is 4.15. The number of nitrogens with one attached hydrogen (secondary N) is 1. The second-order valence-corrected chi connectivity index (χ2v) is 5.15. The summed E-state index contributed by atoms with van der Waals surface area (Å²) in [6.07, 6.45) is 1.38. The van der Waals surface area contributed by atoms with Crippen molar-refractivity contribution in [2.75, 3.05) is 5.43 Å². The van der Waals surface area contributed by atoms with Gasteiger partial charge in [-0.1, -0.05) is 15.9 Å². The van der Waals surface area contributed by atoms with Crippen LogP contribution in [0, 0.1) is 6.92 Å². The van der Waals surface area contributed by atoms with Crippen molar-refractivity contribution in [3.05, 3.63) is 39.0 Å². The third kappa shape index (κ3) is 2.80. The van der Waals surface area contributed by atoms with Gasteiger partial charge in [0.2, 0.25) is 5.88 Å².